The summed E-state index contributed by atoms with van der Waals surface area (Å²) in [5, 5.41) is 9.05. The van der Waals surface area contributed by atoms with Crippen molar-refractivity contribution in [3.63, 3.8) is 0 Å². The van der Waals surface area contributed by atoms with Gasteiger partial charge in [0.25, 0.3) is 0 Å². The second-order valence-corrected chi connectivity index (χ2v) is 3.55. The molecule has 0 unspecified atom stereocenters. The fourth-order valence-electron chi connectivity index (χ4n) is 1.44. The smallest absolute Gasteiger partial charge is 0.219 e. The molecular weight excluding hydrogens is 221 g/mol. The van der Waals surface area contributed by atoms with Gasteiger partial charge in [-0.2, -0.15) is 0 Å². The number of aliphatic hydroxyl groups is 1. The highest BCUT2D eigenvalue weighted by Crippen LogP contribution is 2.17. The first-order chi connectivity index (χ1) is 8.29. The average molecular weight is 233 g/mol. The highest BCUT2D eigenvalue weighted by molar-refractivity contribution is 5.26. The lowest BCUT2D eigenvalue weighted by molar-refractivity contribution is 0.251. The van der Waals surface area contributed by atoms with Crippen LogP contribution in [0.5, 0.6) is 5.88 Å². The van der Waals surface area contributed by atoms with Crippen LogP contribution in [0.25, 0.3) is 0 Å². The summed E-state index contributed by atoms with van der Waals surface area (Å²) in [4.78, 5) is 3.81. The molecule has 1 aromatic carbocycles. The molecule has 0 fully saturated rings. The minimum absolute atomic E-state index is 0.262. The third-order valence-electron chi connectivity index (χ3n) is 2.28. The Balaban J connectivity index is 2.09. The van der Waals surface area contributed by atoms with Crippen LogP contribution in [0.4, 0.5) is 4.39 Å². The van der Waals surface area contributed by atoms with E-state index in [-0.39, 0.29) is 12.5 Å². The summed E-state index contributed by atoms with van der Waals surface area (Å²) >= 11 is 0. The van der Waals surface area contributed by atoms with Crippen molar-refractivity contribution in [2.45, 2.75) is 13.2 Å². The molecule has 0 spiro atoms. The normalized spacial score (nSPS) is 10.2. The van der Waals surface area contributed by atoms with E-state index in [2.05, 4.69) is 4.98 Å². The fourth-order valence-corrected chi connectivity index (χ4v) is 1.44. The Bertz CT molecular complexity index is 488. The molecule has 0 saturated carbocycles. The van der Waals surface area contributed by atoms with E-state index in [0.717, 1.165) is 11.8 Å². The predicted molar refractivity (Wildman–Crippen MR) is 60.9 cm³/mol. The number of hydrogen-bond donors (Lipinski definition) is 1. The predicted octanol–water partition coefficient (Wildman–Crippen LogP) is 2.29. The van der Waals surface area contributed by atoms with Crippen molar-refractivity contribution >= 4 is 0 Å². The van der Waals surface area contributed by atoms with E-state index in [0.29, 0.717) is 12.2 Å². The summed E-state index contributed by atoms with van der Waals surface area (Å²) in [6.07, 6.45) is 1.07. The zero-order valence-electron chi connectivity index (χ0n) is 9.14. The Morgan fingerprint density at radius 3 is 2.71 bits per heavy atom. The molecule has 2 rings (SSSR count). The molecule has 0 atom stereocenters. The molecule has 1 N–H and O–H groups in total. The standard InChI is InChI=1S/C13H12FNO2/c14-12-6-11(8-16)13(15-7-12)17-9-10-4-2-1-3-5-10/h1-7,16H,8-9H2. The number of rotatable bonds is 4. The summed E-state index contributed by atoms with van der Waals surface area (Å²) in [6, 6.07) is 10.8. The number of halogens is 1. The van der Waals surface area contributed by atoms with Crippen molar-refractivity contribution < 1.29 is 14.2 Å². The molecule has 0 aliphatic carbocycles. The Labute approximate surface area is 98.5 Å². The zero-order valence-corrected chi connectivity index (χ0v) is 9.14. The zero-order chi connectivity index (χ0) is 12.1. The van der Waals surface area contributed by atoms with Gasteiger partial charge in [-0.05, 0) is 11.6 Å². The van der Waals surface area contributed by atoms with Crippen molar-refractivity contribution in [3.05, 3.63) is 59.5 Å². The second-order valence-electron chi connectivity index (χ2n) is 3.55. The van der Waals surface area contributed by atoms with Gasteiger partial charge in [-0.25, -0.2) is 9.37 Å². The Morgan fingerprint density at radius 1 is 1.24 bits per heavy atom. The van der Waals surface area contributed by atoms with Crippen LogP contribution >= 0.6 is 0 Å². The molecule has 17 heavy (non-hydrogen) atoms. The van der Waals surface area contributed by atoms with Gasteiger partial charge in [0.1, 0.15) is 12.4 Å². The average Bonchev–Trinajstić information content (AvgIpc) is 2.38. The van der Waals surface area contributed by atoms with Crippen LogP contribution in [-0.4, -0.2) is 10.1 Å². The summed E-state index contributed by atoms with van der Waals surface area (Å²) in [6.45, 7) is 0.0430. The Kier molecular flexibility index (Phi) is 3.67. The number of pyridine rings is 1. The Morgan fingerprint density at radius 2 is 2.00 bits per heavy atom. The lowest BCUT2D eigenvalue weighted by Crippen LogP contribution is -2.01. The molecule has 3 nitrogen and oxygen atoms in total. The quantitative estimate of drug-likeness (QED) is 0.881. The maximum absolute atomic E-state index is 12.9. The largest absolute Gasteiger partial charge is 0.473 e. The van der Waals surface area contributed by atoms with Crippen molar-refractivity contribution in [1.82, 2.24) is 4.98 Å². The molecule has 4 heteroatoms. The molecule has 0 aliphatic heterocycles. The highest BCUT2D eigenvalue weighted by atomic mass is 19.1. The highest BCUT2D eigenvalue weighted by Gasteiger charge is 2.06. The van der Waals surface area contributed by atoms with Crippen LogP contribution in [-0.2, 0) is 13.2 Å². The molecule has 0 aliphatic rings. The number of ether oxygens (including phenoxy) is 1. The maximum Gasteiger partial charge on any atom is 0.219 e. The molecule has 0 amide bonds. The minimum Gasteiger partial charge on any atom is -0.473 e. The number of benzene rings is 1. The third-order valence-corrected chi connectivity index (χ3v) is 2.28. The van der Waals surface area contributed by atoms with E-state index in [1.165, 1.54) is 6.07 Å². The molecule has 0 bridgehead atoms. The second kappa shape index (κ2) is 5.41. The molecule has 2 aromatic rings. The van der Waals surface area contributed by atoms with Gasteiger partial charge in [-0.3, -0.25) is 0 Å². The molecule has 0 radical (unpaired) electrons. The van der Waals surface area contributed by atoms with E-state index in [9.17, 15) is 4.39 Å². The van der Waals surface area contributed by atoms with Crippen molar-refractivity contribution in [2.24, 2.45) is 0 Å². The molecule has 1 heterocycles. The van der Waals surface area contributed by atoms with Gasteiger partial charge in [0, 0.05) is 5.56 Å². The molecule has 88 valence electrons. The third kappa shape index (κ3) is 3.01. The number of aliphatic hydroxyl groups excluding tert-OH is 1. The van der Waals surface area contributed by atoms with Gasteiger partial charge in [-0.15, -0.1) is 0 Å². The van der Waals surface area contributed by atoms with E-state index in [1.807, 2.05) is 30.3 Å². The van der Waals surface area contributed by atoms with Crippen LogP contribution in [0.1, 0.15) is 11.1 Å². The topological polar surface area (TPSA) is 42.4 Å². The SMILES string of the molecule is OCc1cc(F)cnc1OCc1ccccc1. The monoisotopic (exact) mass is 233 g/mol. The van der Waals surface area contributed by atoms with E-state index < -0.39 is 5.82 Å². The minimum atomic E-state index is -0.485. The molecule has 1 aromatic heterocycles. The molecular formula is C13H12FNO2. The van der Waals surface area contributed by atoms with E-state index in [4.69, 9.17) is 9.84 Å². The fraction of sp³-hybridized carbons (Fsp3) is 0.154. The summed E-state index contributed by atoms with van der Waals surface area (Å²) in [5.74, 6) is -0.223. The van der Waals surface area contributed by atoms with Crippen molar-refractivity contribution in [1.29, 1.82) is 0 Å². The van der Waals surface area contributed by atoms with Crippen molar-refractivity contribution in [3.8, 4) is 5.88 Å². The van der Waals surface area contributed by atoms with E-state index >= 15 is 0 Å². The lowest BCUT2D eigenvalue weighted by Gasteiger charge is -2.08. The van der Waals surface area contributed by atoms with Gasteiger partial charge >= 0.3 is 0 Å². The van der Waals surface area contributed by atoms with Gasteiger partial charge in [-0.1, -0.05) is 30.3 Å². The summed E-state index contributed by atoms with van der Waals surface area (Å²) < 4.78 is 18.3. The summed E-state index contributed by atoms with van der Waals surface area (Å²) in [7, 11) is 0. The first kappa shape index (κ1) is 11.5. The summed E-state index contributed by atoms with van der Waals surface area (Å²) in [5.41, 5.74) is 1.34. The van der Waals surface area contributed by atoms with Crippen LogP contribution in [0, 0.1) is 5.82 Å². The van der Waals surface area contributed by atoms with Crippen molar-refractivity contribution in [2.75, 3.05) is 0 Å². The van der Waals surface area contributed by atoms with Crippen LogP contribution in [0.3, 0.4) is 0 Å². The van der Waals surface area contributed by atoms with Gasteiger partial charge < -0.3 is 9.84 Å². The van der Waals surface area contributed by atoms with Gasteiger partial charge in [0.15, 0.2) is 0 Å². The van der Waals surface area contributed by atoms with Crippen LogP contribution in [0.2, 0.25) is 0 Å². The van der Waals surface area contributed by atoms with Gasteiger partial charge in [0.05, 0.1) is 12.8 Å². The Hall–Kier alpha value is -1.94. The number of nitrogens with zero attached hydrogens (tertiary/aromatic N) is 1. The first-order valence-corrected chi connectivity index (χ1v) is 5.21. The molecule has 0 saturated heterocycles. The number of hydrogen-bond acceptors (Lipinski definition) is 3. The number of aromatic nitrogens is 1. The van der Waals surface area contributed by atoms with Crippen LogP contribution in [0.15, 0.2) is 42.6 Å². The van der Waals surface area contributed by atoms with E-state index in [1.54, 1.807) is 0 Å². The lowest BCUT2D eigenvalue weighted by atomic mass is 10.2. The first-order valence-electron chi connectivity index (χ1n) is 5.21. The van der Waals surface area contributed by atoms with Crippen LogP contribution < -0.4 is 4.74 Å². The van der Waals surface area contributed by atoms with Gasteiger partial charge in [0.2, 0.25) is 5.88 Å². The maximum atomic E-state index is 12.9.